The summed E-state index contributed by atoms with van der Waals surface area (Å²) in [6.07, 6.45) is 4.34. The zero-order valence-corrected chi connectivity index (χ0v) is 16.0. The van der Waals surface area contributed by atoms with Gasteiger partial charge in [-0.3, -0.25) is 9.78 Å². The average molecular weight is 369 g/mol. The van der Waals surface area contributed by atoms with Crippen molar-refractivity contribution in [2.45, 2.75) is 31.5 Å². The number of aromatic nitrogens is 1. The second-order valence-corrected chi connectivity index (χ2v) is 7.17. The number of hydrogen-bond donors (Lipinski definition) is 1. The van der Waals surface area contributed by atoms with Gasteiger partial charge in [0.2, 0.25) is 0 Å². The first kappa shape index (κ1) is 19.3. The van der Waals surface area contributed by atoms with E-state index in [2.05, 4.69) is 9.88 Å². The first-order valence-corrected chi connectivity index (χ1v) is 9.23. The molecule has 0 unspecified atom stereocenters. The Labute approximate surface area is 160 Å². The number of hydrogen-bond acceptors (Lipinski definition) is 5. The number of rotatable bonds is 6. The first-order chi connectivity index (χ1) is 13.0. The SMILES string of the molecule is COc1ccccc1CN(Cc1cccnc1)C(=O)C1(O)CCN(C)CC1. The molecule has 0 bridgehead atoms. The van der Waals surface area contributed by atoms with Gasteiger partial charge in [0.05, 0.1) is 7.11 Å². The van der Waals surface area contributed by atoms with Crippen molar-refractivity contribution >= 4 is 5.91 Å². The lowest BCUT2D eigenvalue weighted by atomic mass is 9.89. The largest absolute Gasteiger partial charge is 0.496 e. The van der Waals surface area contributed by atoms with E-state index in [0.717, 1.165) is 16.9 Å². The van der Waals surface area contributed by atoms with Crippen LogP contribution in [0.2, 0.25) is 0 Å². The fourth-order valence-corrected chi connectivity index (χ4v) is 3.45. The van der Waals surface area contributed by atoms with E-state index in [9.17, 15) is 9.90 Å². The van der Waals surface area contributed by atoms with E-state index >= 15 is 0 Å². The third-order valence-electron chi connectivity index (χ3n) is 5.15. The van der Waals surface area contributed by atoms with Gasteiger partial charge in [0.1, 0.15) is 11.4 Å². The molecule has 1 saturated heterocycles. The van der Waals surface area contributed by atoms with Crippen molar-refractivity contribution in [3.63, 3.8) is 0 Å². The number of nitrogens with zero attached hydrogens (tertiary/aromatic N) is 3. The molecule has 1 fully saturated rings. The number of para-hydroxylation sites is 1. The summed E-state index contributed by atoms with van der Waals surface area (Å²) >= 11 is 0. The Hall–Kier alpha value is -2.44. The van der Waals surface area contributed by atoms with Crippen LogP contribution in [0.3, 0.4) is 0 Å². The standard InChI is InChI=1S/C21H27N3O3/c1-23-12-9-21(26,10-13-23)20(25)24(15-17-6-5-11-22-14-17)16-18-7-3-4-8-19(18)27-2/h3-8,11,14,26H,9-10,12-13,15-16H2,1-2H3. The second kappa shape index (κ2) is 8.50. The maximum atomic E-state index is 13.3. The summed E-state index contributed by atoms with van der Waals surface area (Å²) in [6, 6.07) is 11.4. The smallest absolute Gasteiger partial charge is 0.255 e. The zero-order chi connectivity index (χ0) is 19.3. The molecule has 0 radical (unpaired) electrons. The van der Waals surface area contributed by atoms with E-state index in [4.69, 9.17) is 4.74 Å². The molecular weight excluding hydrogens is 342 g/mol. The normalized spacial score (nSPS) is 16.7. The molecule has 27 heavy (non-hydrogen) atoms. The minimum absolute atomic E-state index is 0.231. The lowest BCUT2D eigenvalue weighted by Crippen LogP contribution is -2.54. The summed E-state index contributed by atoms with van der Waals surface area (Å²) in [5, 5.41) is 11.0. The summed E-state index contributed by atoms with van der Waals surface area (Å²) < 4.78 is 5.44. The van der Waals surface area contributed by atoms with Gasteiger partial charge in [-0.05, 0) is 37.6 Å². The molecule has 1 amide bonds. The summed E-state index contributed by atoms with van der Waals surface area (Å²) in [6.45, 7) is 2.17. The topological polar surface area (TPSA) is 65.9 Å². The molecule has 1 aliphatic heterocycles. The van der Waals surface area contributed by atoms with Crippen LogP contribution in [0.1, 0.15) is 24.0 Å². The number of pyridine rings is 1. The Bertz CT molecular complexity index is 758. The monoisotopic (exact) mass is 369 g/mol. The van der Waals surface area contributed by atoms with Crippen molar-refractivity contribution < 1.29 is 14.6 Å². The molecule has 6 nitrogen and oxygen atoms in total. The van der Waals surface area contributed by atoms with Crippen molar-refractivity contribution in [1.82, 2.24) is 14.8 Å². The molecule has 1 aromatic heterocycles. The van der Waals surface area contributed by atoms with Gasteiger partial charge in [-0.25, -0.2) is 0 Å². The fourth-order valence-electron chi connectivity index (χ4n) is 3.45. The molecule has 2 aromatic rings. The molecule has 3 rings (SSSR count). The van der Waals surface area contributed by atoms with Crippen LogP contribution >= 0.6 is 0 Å². The zero-order valence-electron chi connectivity index (χ0n) is 16.0. The highest BCUT2D eigenvalue weighted by Crippen LogP contribution is 2.27. The molecule has 6 heteroatoms. The van der Waals surface area contributed by atoms with E-state index in [1.54, 1.807) is 24.4 Å². The average Bonchev–Trinajstić information content (AvgIpc) is 2.70. The van der Waals surface area contributed by atoms with Crippen LogP contribution in [0.5, 0.6) is 5.75 Å². The summed E-state index contributed by atoms with van der Waals surface area (Å²) in [5.74, 6) is 0.502. The molecular formula is C21H27N3O3. The highest BCUT2D eigenvalue weighted by atomic mass is 16.5. The quantitative estimate of drug-likeness (QED) is 0.844. The molecule has 144 valence electrons. The van der Waals surface area contributed by atoms with Crippen molar-refractivity contribution in [2.75, 3.05) is 27.2 Å². The number of methoxy groups -OCH3 is 1. The van der Waals surface area contributed by atoms with Crippen molar-refractivity contribution in [3.8, 4) is 5.75 Å². The van der Waals surface area contributed by atoms with Crippen molar-refractivity contribution in [3.05, 3.63) is 59.9 Å². The van der Waals surface area contributed by atoms with Crippen LogP contribution in [0.4, 0.5) is 0 Å². The Morgan fingerprint density at radius 2 is 1.96 bits per heavy atom. The number of carbonyl (C=O) groups is 1. The van der Waals surface area contributed by atoms with E-state index in [0.29, 0.717) is 39.0 Å². The molecule has 1 N–H and O–H groups in total. The lowest BCUT2D eigenvalue weighted by Gasteiger charge is -2.38. The van der Waals surface area contributed by atoms with Crippen LogP contribution in [0, 0.1) is 0 Å². The van der Waals surface area contributed by atoms with Gasteiger partial charge in [-0.15, -0.1) is 0 Å². The van der Waals surface area contributed by atoms with Gasteiger partial charge in [0, 0.05) is 44.1 Å². The molecule has 1 aromatic carbocycles. The van der Waals surface area contributed by atoms with Crippen molar-refractivity contribution in [1.29, 1.82) is 0 Å². The van der Waals surface area contributed by atoms with Crippen LogP contribution in [0.25, 0.3) is 0 Å². The maximum absolute atomic E-state index is 13.3. The van der Waals surface area contributed by atoms with Gasteiger partial charge in [0.25, 0.3) is 5.91 Å². The van der Waals surface area contributed by atoms with Gasteiger partial charge in [-0.1, -0.05) is 24.3 Å². The van der Waals surface area contributed by atoms with Crippen LogP contribution in [-0.4, -0.2) is 58.6 Å². The minimum atomic E-state index is -1.32. The Kier molecular flexibility index (Phi) is 6.08. The maximum Gasteiger partial charge on any atom is 0.255 e. The van der Waals surface area contributed by atoms with Crippen LogP contribution in [-0.2, 0) is 17.9 Å². The van der Waals surface area contributed by atoms with Gasteiger partial charge in [-0.2, -0.15) is 0 Å². The van der Waals surface area contributed by atoms with Gasteiger partial charge < -0.3 is 19.6 Å². The summed E-state index contributed by atoms with van der Waals surface area (Å²) in [7, 11) is 3.63. The van der Waals surface area contributed by atoms with Gasteiger partial charge in [0.15, 0.2) is 0 Å². The molecule has 1 aliphatic rings. The van der Waals surface area contributed by atoms with E-state index in [1.165, 1.54) is 0 Å². The minimum Gasteiger partial charge on any atom is -0.496 e. The number of piperidine rings is 1. The fraction of sp³-hybridized carbons (Fsp3) is 0.429. The van der Waals surface area contributed by atoms with Crippen molar-refractivity contribution in [2.24, 2.45) is 0 Å². The number of amides is 1. The predicted octanol–water partition coefficient (Wildman–Crippen LogP) is 2.08. The third kappa shape index (κ3) is 4.64. The molecule has 0 saturated carbocycles. The van der Waals surface area contributed by atoms with E-state index < -0.39 is 5.60 Å². The molecule has 2 heterocycles. The summed E-state index contributed by atoms with van der Waals surface area (Å²) in [5.41, 5.74) is 0.516. The number of likely N-dealkylation sites (tertiary alicyclic amines) is 1. The number of carbonyl (C=O) groups excluding carboxylic acids is 1. The van der Waals surface area contributed by atoms with Crippen LogP contribution < -0.4 is 4.74 Å². The Morgan fingerprint density at radius 3 is 2.63 bits per heavy atom. The Morgan fingerprint density at radius 1 is 1.22 bits per heavy atom. The highest BCUT2D eigenvalue weighted by Gasteiger charge is 2.41. The number of benzene rings is 1. The molecule has 0 aliphatic carbocycles. The van der Waals surface area contributed by atoms with E-state index in [1.807, 2.05) is 43.4 Å². The molecule has 0 atom stereocenters. The van der Waals surface area contributed by atoms with E-state index in [-0.39, 0.29) is 5.91 Å². The highest BCUT2D eigenvalue weighted by molar-refractivity contribution is 5.85. The van der Waals surface area contributed by atoms with Crippen LogP contribution in [0.15, 0.2) is 48.8 Å². The lowest BCUT2D eigenvalue weighted by molar-refractivity contribution is -0.157. The number of ether oxygens (including phenoxy) is 1. The number of aliphatic hydroxyl groups is 1. The Balaban J connectivity index is 1.86. The summed E-state index contributed by atoms with van der Waals surface area (Å²) in [4.78, 5) is 21.3. The first-order valence-electron chi connectivity index (χ1n) is 9.23. The van der Waals surface area contributed by atoms with Gasteiger partial charge >= 0.3 is 0 Å². The third-order valence-corrected chi connectivity index (χ3v) is 5.15. The predicted molar refractivity (Wildman–Crippen MR) is 103 cm³/mol. The second-order valence-electron chi connectivity index (χ2n) is 7.17. The molecule has 0 spiro atoms.